The molecule has 3 heteroatoms. The van der Waals surface area contributed by atoms with Gasteiger partial charge in [0, 0.05) is 17.9 Å². The van der Waals surface area contributed by atoms with Crippen molar-refractivity contribution in [3.05, 3.63) is 23.8 Å². The summed E-state index contributed by atoms with van der Waals surface area (Å²) in [6.07, 6.45) is 0.669. The minimum absolute atomic E-state index is 0.170. The van der Waals surface area contributed by atoms with Crippen LogP contribution in [0.3, 0.4) is 0 Å². The molecule has 0 spiro atoms. The average molecular weight is 198 g/mol. The van der Waals surface area contributed by atoms with Gasteiger partial charge in [-0.1, -0.05) is 0 Å². The first-order valence-electron chi connectivity index (χ1n) is 4.27. The van der Waals surface area contributed by atoms with Gasteiger partial charge in [0.2, 0.25) is 0 Å². The highest BCUT2D eigenvalue weighted by Gasteiger charge is 1.98. The molecule has 0 aliphatic heterocycles. The molecule has 1 rings (SSSR count). The SMILES string of the molecule is Cc1cc(S)ccc1OCCCO. The van der Waals surface area contributed by atoms with Crippen LogP contribution in [-0.4, -0.2) is 18.3 Å². The maximum atomic E-state index is 8.57. The van der Waals surface area contributed by atoms with E-state index < -0.39 is 0 Å². The van der Waals surface area contributed by atoms with E-state index in [1.165, 1.54) is 0 Å². The summed E-state index contributed by atoms with van der Waals surface area (Å²) in [4.78, 5) is 0.937. The van der Waals surface area contributed by atoms with Gasteiger partial charge in [-0.15, -0.1) is 12.6 Å². The van der Waals surface area contributed by atoms with Crippen molar-refractivity contribution >= 4 is 12.6 Å². The van der Waals surface area contributed by atoms with E-state index in [-0.39, 0.29) is 6.61 Å². The summed E-state index contributed by atoms with van der Waals surface area (Å²) in [5.41, 5.74) is 1.07. The first-order valence-corrected chi connectivity index (χ1v) is 4.72. The monoisotopic (exact) mass is 198 g/mol. The Morgan fingerprint density at radius 1 is 1.46 bits per heavy atom. The number of hydrogen-bond acceptors (Lipinski definition) is 3. The van der Waals surface area contributed by atoms with Crippen molar-refractivity contribution in [3.63, 3.8) is 0 Å². The van der Waals surface area contributed by atoms with E-state index >= 15 is 0 Å². The number of hydrogen-bond donors (Lipinski definition) is 2. The molecule has 0 unspecified atom stereocenters. The van der Waals surface area contributed by atoms with E-state index in [1.807, 2.05) is 25.1 Å². The lowest BCUT2D eigenvalue weighted by Gasteiger charge is -2.08. The molecule has 0 atom stereocenters. The van der Waals surface area contributed by atoms with Crippen molar-refractivity contribution in [2.45, 2.75) is 18.2 Å². The molecule has 13 heavy (non-hydrogen) atoms. The number of ether oxygens (including phenoxy) is 1. The lowest BCUT2D eigenvalue weighted by molar-refractivity contribution is 0.233. The minimum Gasteiger partial charge on any atom is -0.493 e. The lowest BCUT2D eigenvalue weighted by Crippen LogP contribution is -2.00. The second kappa shape index (κ2) is 5.14. The molecule has 0 radical (unpaired) electrons. The average Bonchev–Trinajstić information content (AvgIpc) is 2.09. The zero-order chi connectivity index (χ0) is 9.68. The van der Waals surface area contributed by atoms with E-state index in [2.05, 4.69) is 12.6 Å². The van der Waals surface area contributed by atoms with E-state index in [0.717, 1.165) is 16.2 Å². The van der Waals surface area contributed by atoms with Gasteiger partial charge >= 0.3 is 0 Å². The van der Waals surface area contributed by atoms with Gasteiger partial charge in [0.25, 0.3) is 0 Å². The fraction of sp³-hybridized carbons (Fsp3) is 0.400. The summed E-state index contributed by atoms with van der Waals surface area (Å²) >= 11 is 4.22. The second-order valence-electron chi connectivity index (χ2n) is 2.88. The van der Waals surface area contributed by atoms with Crippen LogP contribution in [0.2, 0.25) is 0 Å². The molecule has 72 valence electrons. The van der Waals surface area contributed by atoms with Crippen molar-refractivity contribution in [1.29, 1.82) is 0 Å². The number of aliphatic hydroxyl groups excluding tert-OH is 1. The molecule has 0 aliphatic rings. The maximum absolute atomic E-state index is 8.57. The molecule has 0 fully saturated rings. The first-order chi connectivity index (χ1) is 6.24. The van der Waals surface area contributed by atoms with Gasteiger partial charge in [-0.2, -0.15) is 0 Å². The van der Waals surface area contributed by atoms with Gasteiger partial charge in [0.1, 0.15) is 5.75 Å². The van der Waals surface area contributed by atoms with Crippen LogP contribution in [-0.2, 0) is 0 Å². The molecular weight excluding hydrogens is 184 g/mol. The second-order valence-corrected chi connectivity index (χ2v) is 3.39. The van der Waals surface area contributed by atoms with Crippen LogP contribution in [0, 0.1) is 6.92 Å². The molecule has 0 heterocycles. The highest BCUT2D eigenvalue weighted by molar-refractivity contribution is 7.80. The summed E-state index contributed by atoms with van der Waals surface area (Å²) in [7, 11) is 0. The van der Waals surface area contributed by atoms with E-state index in [0.29, 0.717) is 13.0 Å². The summed E-state index contributed by atoms with van der Waals surface area (Å²) in [6, 6.07) is 5.75. The number of aliphatic hydroxyl groups is 1. The Labute approximate surface area is 84.0 Å². The largest absolute Gasteiger partial charge is 0.493 e. The highest BCUT2D eigenvalue weighted by Crippen LogP contribution is 2.20. The Morgan fingerprint density at radius 2 is 2.23 bits per heavy atom. The van der Waals surface area contributed by atoms with Crippen LogP contribution in [0.4, 0.5) is 0 Å². The number of rotatable bonds is 4. The van der Waals surface area contributed by atoms with Gasteiger partial charge in [0.15, 0.2) is 0 Å². The van der Waals surface area contributed by atoms with Crippen molar-refractivity contribution < 1.29 is 9.84 Å². The van der Waals surface area contributed by atoms with Crippen molar-refractivity contribution in [3.8, 4) is 5.75 Å². The van der Waals surface area contributed by atoms with Gasteiger partial charge in [-0.3, -0.25) is 0 Å². The van der Waals surface area contributed by atoms with E-state index in [4.69, 9.17) is 9.84 Å². The van der Waals surface area contributed by atoms with Crippen LogP contribution in [0.15, 0.2) is 23.1 Å². The summed E-state index contributed by atoms with van der Waals surface area (Å²) in [5.74, 6) is 0.867. The molecule has 0 saturated heterocycles. The van der Waals surface area contributed by atoms with E-state index in [1.54, 1.807) is 0 Å². The molecule has 1 N–H and O–H groups in total. The Kier molecular flexibility index (Phi) is 4.12. The Morgan fingerprint density at radius 3 is 2.85 bits per heavy atom. The van der Waals surface area contributed by atoms with Crippen molar-refractivity contribution in [1.82, 2.24) is 0 Å². The van der Waals surface area contributed by atoms with Crippen molar-refractivity contribution in [2.24, 2.45) is 0 Å². The molecular formula is C10H14O2S. The molecule has 2 nitrogen and oxygen atoms in total. The van der Waals surface area contributed by atoms with Gasteiger partial charge in [-0.25, -0.2) is 0 Å². The minimum atomic E-state index is 0.170. The third kappa shape index (κ3) is 3.28. The van der Waals surface area contributed by atoms with Crippen LogP contribution in [0.5, 0.6) is 5.75 Å². The fourth-order valence-electron chi connectivity index (χ4n) is 1.04. The lowest BCUT2D eigenvalue weighted by atomic mass is 10.2. The molecule has 0 amide bonds. The Balaban J connectivity index is 2.56. The van der Waals surface area contributed by atoms with Crippen LogP contribution >= 0.6 is 12.6 Å². The van der Waals surface area contributed by atoms with Gasteiger partial charge in [-0.05, 0) is 30.7 Å². The molecule has 0 saturated carbocycles. The molecule has 0 aromatic heterocycles. The highest BCUT2D eigenvalue weighted by atomic mass is 32.1. The molecule has 0 bridgehead atoms. The Hall–Kier alpha value is -0.670. The molecule has 1 aromatic rings. The zero-order valence-corrected chi connectivity index (χ0v) is 8.55. The molecule has 0 aliphatic carbocycles. The standard InChI is InChI=1S/C10H14O2S/c1-8-7-9(13)3-4-10(8)12-6-2-5-11/h3-4,7,11,13H,2,5-6H2,1H3. The third-order valence-electron chi connectivity index (χ3n) is 1.72. The predicted molar refractivity (Wildman–Crippen MR) is 55.6 cm³/mol. The smallest absolute Gasteiger partial charge is 0.122 e. The van der Waals surface area contributed by atoms with Gasteiger partial charge in [0.05, 0.1) is 6.61 Å². The van der Waals surface area contributed by atoms with Gasteiger partial charge < -0.3 is 9.84 Å². The summed E-state index contributed by atoms with van der Waals surface area (Å²) in [6.45, 7) is 2.71. The first kappa shape index (κ1) is 10.4. The number of benzene rings is 1. The van der Waals surface area contributed by atoms with Crippen LogP contribution in [0.25, 0.3) is 0 Å². The predicted octanol–water partition coefficient (Wildman–Crippen LogP) is 2.04. The summed E-state index contributed by atoms with van der Waals surface area (Å²) < 4.78 is 5.44. The third-order valence-corrected chi connectivity index (χ3v) is 2.00. The number of aryl methyl sites for hydroxylation is 1. The quantitative estimate of drug-likeness (QED) is 0.572. The zero-order valence-electron chi connectivity index (χ0n) is 7.66. The topological polar surface area (TPSA) is 29.5 Å². The van der Waals surface area contributed by atoms with Crippen LogP contribution in [0.1, 0.15) is 12.0 Å². The fourth-order valence-corrected chi connectivity index (χ4v) is 1.31. The maximum Gasteiger partial charge on any atom is 0.122 e. The number of thiol groups is 1. The summed E-state index contributed by atoms with van der Waals surface area (Å²) in [5, 5.41) is 8.57. The Bertz CT molecular complexity index is 274. The van der Waals surface area contributed by atoms with E-state index in [9.17, 15) is 0 Å². The van der Waals surface area contributed by atoms with Crippen LogP contribution < -0.4 is 4.74 Å². The normalized spacial score (nSPS) is 10.1. The van der Waals surface area contributed by atoms with Crippen molar-refractivity contribution in [2.75, 3.05) is 13.2 Å². The molecule has 1 aromatic carbocycles.